The number of hydrogen-bond acceptors (Lipinski definition) is 6. The summed E-state index contributed by atoms with van der Waals surface area (Å²) in [5.74, 6) is -1.08. The lowest BCUT2D eigenvalue weighted by Gasteiger charge is -2.05. The van der Waals surface area contributed by atoms with Crippen LogP contribution in [-0.4, -0.2) is 53.7 Å². The lowest BCUT2D eigenvalue weighted by atomic mass is 10.1. The van der Waals surface area contributed by atoms with Crippen molar-refractivity contribution in [2.45, 2.75) is 20.8 Å². The number of rotatable bonds is 7. The summed E-state index contributed by atoms with van der Waals surface area (Å²) >= 11 is 0. The Bertz CT molecular complexity index is 770. The number of esters is 1. The second-order valence-electron chi connectivity index (χ2n) is 5.63. The summed E-state index contributed by atoms with van der Waals surface area (Å²) in [5.41, 5.74) is 3.43. The molecule has 134 valence electrons. The van der Waals surface area contributed by atoms with Crippen molar-refractivity contribution in [3.63, 3.8) is 0 Å². The highest BCUT2D eigenvalue weighted by atomic mass is 16.5. The third-order valence-electron chi connectivity index (χ3n) is 3.51. The Balaban J connectivity index is 2.04. The highest BCUT2D eigenvalue weighted by molar-refractivity contribution is 5.90. The molecule has 0 unspecified atom stereocenters. The zero-order chi connectivity index (χ0) is 18.4. The van der Waals surface area contributed by atoms with Crippen LogP contribution >= 0.6 is 0 Å². The van der Waals surface area contributed by atoms with Crippen LogP contribution in [0.25, 0.3) is 5.69 Å². The Hall–Kier alpha value is -2.74. The first-order valence-corrected chi connectivity index (χ1v) is 7.86. The monoisotopic (exact) mass is 346 g/mol. The number of nitrogens with zero attached hydrogens (tertiary/aromatic N) is 3. The topological polar surface area (TPSA) is 95.3 Å². The SMILES string of the molecule is COCCNC(=O)COC(=O)c1nn(-c2ccc(C)cc2C)nc1C. The molecule has 1 heterocycles. The van der Waals surface area contributed by atoms with Crippen LogP contribution in [0.4, 0.5) is 0 Å². The number of ether oxygens (including phenoxy) is 2. The molecule has 0 radical (unpaired) electrons. The molecule has 0 aliphatic rings. The van der Waals surface area contributed by atoms with Crippen LogP contribution in [0.1, 0.15) is 27.3 Å². The van der Waals surface area contributed by atoms with E-state index in [-0.39, 0.29) is 12.3 Å². The van der Waals surface area contributed by atoms with Crippen LogP contribution in [-0.2, 0) is 14.3 Å². The van der Waals surface area contributed by atoms with Gasteiger partial charge >= 0.3 is 5.97 Å². The smallest absolute Gasteiger partial charge is 0.361 e. The van der Waals surface area contributed by atoms with E-state index in [4.69, 9.17) is 9.47 Å². The minimum atomic E-state index is -0.685. The second-order valence-corrected chi connectivity index (χ2v) is 5.63. The average Bonchev–Trinajstić information content (AvgIpc) is 2.94. The minimum absolute atomic E-state index is 0.0877. The quantitative estimate of drug-likeness (QED) is 0.596. The number of carbonyl (C=O) groups excluding carboxylic acids is 2. The summed E-state index contributed by atoms with van der Waals surface area (Å²) < 4.78 is 9.81. The van der Waals surface area contributed by atoms with Crippen LogP contribution < -0.4 is 5.32 Å². The van der Waals surface area contributed by atoms with E-state index in [0.717, 1.165) is 16.8 Å². The molecule has 1 aromatic carbocycles. The number of hydrogen-bond donors (Lipinski definition) is 1. The molecule has 0 aliphatic carbocycles. The highest BCUT2D eigenvalue weighted by Gasteiger charge is 2.19. The van der Waals surface area contributed by atoms with Gasteiger partial charge in [0.2, 0.25) is 0 Å². The Kier molecular flexibility index (Phi) is 6.24. The van der Waals surface area contributed by atoms with Gasteiger partial charge in [0.25, 0.3) is 5.91 Å². The van der Waals surface area contributed by atoms with Crippen molar-refractivity contribution in [1.82, 2.24) is 20.3 Å². The van der Waals surface area contributed by atoms with Gasteiger partial charge in [-0.3, -0.25) is 4.79 Å². The van der Waals surface area contributed by atoms with Gasteiger partial charge < -0.3 is 14.8 Å². The maximum Gasteiger partial charge on any atom is 0.361 e. The van der Waals surface area contributed by atoms with Crippen molar-refractivity contribution in [2.75, 3.05) is 26.9 Å². The van der Waals surface area contributed by atoms with Crippen LogP contribution in [0.15, 0.2) is 18.2 Å². The molecular weight excluding hydrogens is 324 g/mol. The molecule has 0 aliphatic heterocycles. The van der Waals surface area contributed by atoms with Gasteiger partial charge in [-0.25, -0.2) is 4.79 Å². The van der Waals surface area contributed by atoms with Crippen molar-refractivity contribution in [1.29, 1.82) is 0 Å². The predicted octanol–water partition coefficient (Wildman–Crippen LogP) is 1.11. The summed E-state index contributed by atoms with van der Waals surface area (Å²) in [6, 6.07) is 5.85. The molecule has 2 aromatic rings. The Labute approximate surface area is 146 Å². The van der Waals surface area contributed by atoms with Crippen LogP contribution in [0.5, 0.6) is 0 Å². The van der Waals surface area contributed by atoms with Gasteiger partial charge in [-0.15, -0.1) is 5.10 Å². The number of amides is 1. The molecule has 0 spiro atoms. The molecule has 8 heteroatoms. The van der Waals surface area contributed by atoms with E-state index in [1.54, 1.807) is 6.92 Å². The van der Waals surface area contributed by atoms with Crippen molar-refractivity contribution in [3.8, 4) is 5.69 Å². The lowest BCUT2D eigenvalue weighted by molar-refractivity contribution is -0.124. The number of benzene rings is 1. The second kappa shape index (κ2) is 8.39. The highest BCUT2D eigenvalue weighted by Crippen LogP contribution is 2.15. The van der Waals surface area contributed by atoms with E-state index in [1.807, 2.05) is 32.0 Å². The fourth-order valence-corrected chi connectivity index (χ4v) is 2.25. The largest absolute Gasteiger partial charge is 0.451 e. The molecule has 25 heavy (non-hydrogen) atoms. The van der Waals surface area contributed by atoms with E-state index in [0.29, 0.717) is 18.8 Å². The van der Waals surface area contributed by atoms with E-state index in [1.165, 1.54) is 11.9 Å². The molecule has 2 rings (SSSR count). The van der Waals surface area contributed by atoms with Crippen molar-refractivity contribution in [3.05, 3.63) is 40.7 Å². The summed E-state index contributed by atoms with van der Waals surface area (Å²) in [7, 11) is 1.54. The standard InChI is InChI=1S/C17H22N4O4/c1-11-5-6-14(12(2)9-11)21-19-13(3)16(20-21)17(23)25-10-15(22)18-7-8-24-4/h5-6,9H,7-8,10H2,1-4H3,(H,18,22). The van der Waals surface area contributed by atoms with Crippen LogP contribution in [0.3, 0.4) is 0 Å². The molecule has 1 aromatic heterocycles. The fraction of sp³-hybridized carbons (Fsp3) is 0.412. The maximum absolute atomic E-state index is 12.1. The average molecular weight is 346 g/mol. The molecule has 0 atom stereocenters. The molecule has 0 saturated carbocycles. The molecule has 8 nitrogen and oxygen atoms in total. The first-order valence-electron chi connectivity index (χ1n) is 7.86. The number of carbonyl (C=O) groups is 2. The summed E-state index contributed by atoms with van der Waals surface area (Å²) in [5, 5.41) is 11.0. The number of methoxy groups -OCH3 is 1. The predicted molar refractivity (Wildman–Crippen MR) is 90.7 cm³/mol. The van der Waals surface area contributed by atoms with Gasteiger partial charge in [-0.05, 0) is 32.4 Å². The van der Waals surface area contributed by atoms with Gasteiger partial charge in [0.05, 0.1) is 18.0 Å². The van der Waals surface area contributed by atoms with Gasteiger partial charge in [0.15, 0.2) is 12.3 Å². The number of aromatic nitrogens is 3. The molecule has 0 bridgehead atoms. The van der Waals surface area contributed by atoms with Gasteiger partial charge in [0, 0.05) is 13.7 Å². The molecule has 0 saturated heterocycles. The molecular formula is C17H22N4O4. The zero-order valence-corrected chi connectivity index (χ0v) is 14.8. The number of aryl methyl sites for hydroxylation is 3. The molecule has 1 amide bonds. The summed E-state index contributed by atoms with van der Waals surface area (Å²) in [6.07, 6.45) is 0. The maximum atomic E-state index is 12.1. The van der Waals surface area contributed by atoms with Gasteiger partial charge in [-0.1, -0.05) is 17.7 Å². The zero-order valence-electron chi connectivity index (χ0n) is 14.8. The lowest BCUT2D eigenvalue weighted by Crippen LogP contribution is -2.31. The van der Waals surface area contributed by atoms with Gasteiger partial charge in [-0.2, -0.15) is 9.90 Å². The van der Waals surface area contributed by atoms with E-state index >= 15 is 0 Å². The van der Waals surface area contributed by atoms with Crippen LogP contribution in [0, 0.1) is 20.8 Å². The third kappa shape index (κ3) is 4.87. The van der Waals surface area contributed by atoms with Crippen molar-refractivity contribution >= 4 is 11.9 Å². The third-order valence-corrected chi connectivity index (χ3v) is 3.51. The summed E-state index contributed by atoms with van der Waals surface area (Å²) in [6.45, 7) is 5.99. The Morgan fingerprint density at radius 2 is 1.96 bits per heavy atom. The van der Waals surface area contributed by atoms with E-state index < -0.39 is 11.9 Å². The Morgan fingerprint density at radius 3 is 2.64 bits per heavy atom. The normalized spacial score (nSPS) is 10.6. The summed E-state index contributed by atoms with van der Waals surface area (Å²) in [4.78, 5) is 25.1. The van der Waals surface area contributed by atoms with Crippen LogP contribution in [0.2, 0.25) is 0 Å². The van der Waals surface area contributed by atoms with E-state index in [9.17, 15) is 9.59 Å². The minimum Gasteiger partial charge on any atom is -0.451 e. The van der Waals surface area contributed by atoms with E-state index in [2.05, 4.69) is 15.5 Å². The molecule has 0 fully saturated rings. The molecule has 1 N–H and O–H groups in total. The first-order chi connectivity index (χ1) is 11.9. The number of nitrogens with one attached hydrogen (secondary N) is 1. The van der Waals surface area contributed by atoms with Crippen molar-refractivity contribution < 1.29 is 19.1 Å². The Morgan fingerprint density at radius 1 is 1.20 bits per heavy atom. The van der Waals surface area contributed by atoms with Crippen molar-refractivity contribution in [2.24, 2.45) is 0 Å². The van der Waals surface area contributed by atoms with Gasteiger partial charge in [0.1, 0.15) is 0 Å². The fourth-order valence-electron chi connectivity index (χ4n) is 2.25. The first kappa shape index (κ1) is 18.6.